The molecule has 7 heteroatoms. The average molecular weight is 452 g/mol. The van der Waals surface area contributed by atoms with Gasteiger partial charge in [-0.05, 0) is 35.7 Å². The first-order valence-corrected chi connectivity index (χ1v) is 10.6. The molecule has 0 saturated carbocycles. The van der Waals surface area contributed by atoms with Crippen molar-refractivity contribution in [2.75, 3.05) is 5.32 Å². The van der Waals surface area contributed by atoms with Crippen LogP contribution < -0.4 is 10.1 Å². The first-order valence-electron chi connectivity index (χ1n) is 8.97. The third-order valence-electron chi connectivity index (χ3n) is 5.48. The van der Waals surface area contributed by atoms with Gasteiger partial charge >= 0.3 is 5.72 Å². The molecule has 0 fully saturated rings. The summed E-state index contributed by atoms with van der Waals surface area (Å²) in [6.07, 6.45) is 0.735. The Kier molecular flexibility index (Phi) is 3.31. The molecular formula is C21H14BrN3O2S. The predicted molar refractivity (Wildman–Crippen MR) is 112 cm³/mol. The number of hydrazone groups is 1. The van der Waals surface area contributed by atoms with Crippen molar-refractivity contribution in [3.8, 4) is 5.75 Å². The second-order valence-corrected chi connectivity index (χ2v) is 8.88. The first kappa shape index (κ1) is 16.3. The SMILES string of the molecule is O=C1Nc2ccc(Br)cc2[C@@]12Oc1ccccc1[C@H]1CC(c3cccs3)=NN12. The number of hydrogen-bond acceptors (Lipinski definition) is 5. The number of para-hydroxylation sites is 1. The Morgan fingerprint density at radius 1 is 1.21 bits per heavy atom. The minimum Gasteiger partial charge on any atom is -0.453 e. The molecule has 28 heavy (non-hydrogen) atoms. The molecule has 138 valence electrons. The van der Waals surface area contributed by atoms with Crippen LogP contribution in [0.15, 0.2) is 69.6 Å². The maximum atomic E-state index is 13.3. The van der Waals surface area contributed by atoms with E-state index in [0.29, 0.717) is 0 Å². The molecule has 2 atom stereocenters. The van der Waals surface area contributed by atoms with Gasteiger partial charge in [0.05, 0.1) is 27.9 Å². The molecule has 2 aromatic carbocycles. The number of halogens is 1. The lowest BCUT2D eigenvalue weighted by atomic mass is 9.93. The number of ether oxygens (including phenoxy) is 1. The molecule has 0 bridgehead atoms. The minimum atomic E-state index is -1.31. The van der Waals surface area contributed by atoms with Gasteiger partial charge in [0.25, 0.3) is 5.91 Å². The Morgan fingerprint density at radius 2 is 2.11 bits per heavy atom. The van der Waals surface area contributed by atoms with Crippen LogP contribution in [0.1, 0.15) is 28.5 Å². The summed E-state index contributed by atoms with van der Waals surface area (Å²) >= 11 is 5.20. The van der Waals surface area contributed by atoms with Crippen LogP contribution in [-0.2, 0) is 10.5 Å². The molecule has 0 saturated heterocycles. The van der Waals surface area contributed by atoms with Gasteiger partial charge in [-0.2, -0.15) is 5.10 Å². The van der Waals surface area contributed by atoms with Gasteiger partial charge in [0.15, 0.2) is 0 Å². The lowest BCUT2D eigenvalue weighted by molar-refractivity contribution is -0.161. The summed E-state index contributed by atoms with van der Waals surface area (Å²) in [6, 6.07) is 17.7. The Labute approximate surface area is 173 Å². The van der Waals surface area contributed by atoms with Gasteiger partial charge in [-0.15, -0.1) is 11.3 Å². The largest absolute Gasteiger partial charge is 0.453 e. The fourth-order valence-corrected chi connectivity index (χ4v) is 5.34. The van der Waals surface area contributed by atoms with Crippen LogP contribution in [0.4, 0.5) is 5.69 Å². The molecule has 0 aliphatic carbocycles. The van der Waals surface area contributed by atoms with Crippen molar-refractivity contribution in [2.45, 2.75) is 18.2 Å². The second kappa shape index (κ2) is 5.68. The molecule has 0 radical (unpaired) electrons. The molecule has 3 aliphatic rings. The van der Waals surface area contributed by atoms with Crippen molar-refractivity contribution in [2.24, 2.45) is 5.10 Å². The highest BCUT2D eigenvalue weighted by molar-refractivity contribution is 9.10. The topological polar surface area (TPSA) is 53.9 Å². The number of benzene rings is 2. The zero-order valence-electron chi connectivity index (χ0n) is 14.6. The van der Waals surface area contributed by atoms with Gasteiger partial charge in [0.1, 0.15) is 5.75 Å². The molecule has 3 aliphatic heterocycles. The minimum absolute atomic E-state index is 0.0577. The third-order valence-corrected chi connectivity index (χ3v) is 6.89. The third kappa shape index (κ3) is 2.06. The fraction of sp³-hybridized carbons (Fsp3) is 0.143. The van der Waals surface area contributed by atoms with Crippen LogP contribution in [0, 0.1) is 0 Å². The number of carbonyl (C=O) groups is 1. The number of anilines is 1. The summed E-state index contributed by atoms with van der Waals surface area (Å²) in [5.41, 5.74) is 2.27. The molecule has 1 aromatic heterocycles. The summed E-state index contributed by atoms with van der Waals surface area (Å²) in [5.74, 6) is 0.519. The normalized spacial score (nSPS) is 24.3. The average Bonchev–Trinajstić information content (AvgIpc) is 3.42. The van der Waals surface area contributed by atoms with Crippen molar-refractivity contribution in [1.29, 1.82) is 0 Å². The zero-order chi connectivity index (χ0) is 18.9. The van der Waals surface area contributed by atoms with E-state index >= 15 is 0 Å². The maximum Gasteiger partial charge on any atom is 0.306 e. The van der Waals surface area contributed by atoms with Crippen LogP contribution in [0.2, 0.25) is 0 Å². The smallest absolute Gasteiger partial charge is 0.306 e. The predicted octanol–water partition coefficient (Wildman–Crippen LogP) is 4.86. The van der Waals surface area contributed by atoms with E-state index in [-0.39, 0.29) is 11.9 Å². The Morgan fingerprint density at radius 3 is 2.96 bits per heavy atom. The van der Waals surface area contributed by atoms with Crippen LogP contribution in [0.5, 0.6) is 5.75 Å². The number of nitrogens with zero attached hydrogens (tertiary/aromatic N) is 2. The Balaban J connectivity index is 1.60. The number of thiophene rings is 1. The fourth-order valence-electron chi connectivity index (χ4n) is 4.25. The Bertz CT molecular complexity index is 1160. The highest BCUT2D eigenvalue weighted by atomic mass is 79.9. The van der Waals surface area contributed by atoms with Gasteiger partial charge < -0.3 is 10.1 Å². The molecule has 4 heterocycles. The molecule has 1 spiro atoms. The Hall–Kier alpha value is -2.64. The van der Waals surface area contributed by atoms with E-state index in [4.69, 9.17) is 9.84 Å². The van der Waals surface area contributed by atoms with Gasteiger partial charge in [-0.1, -0.05) is 40.2 Å². The highest BCUT2D eigenvalue weighted by Crippen LogP contribution is 2.54. The van der Waals surface area contributed by atoms with E-state index in [9.17, 15) is 4.79 Å². The van der Waals surface area contributed by atoms with Crippen molar-refractivity contribution in [3.05, 3.63) is 80.5 Å². The van der Waals surface area contributed by atoms with Crippen LogP contribution in [-0.4, -0.2) is 16.6 Å². The van der Waals surface area contributed by atoms with E-state index in [2.05, 4.69) is 33.4 Å². The summed E-state index contributed by atoms with van der Waals surface area (Å²) in [7, 11) is 0. The zero-order valence-corrected chi connectivity index (χ0v) is 17.0. The number of carbonyl (C=O) groups excluding carboxylic acids is 1. The van der Waals surface area contributed by atoms with Crippen LogP contribution in [0.25, 0.3) is 0 Å². The van der Waals surface area contributed by atoms with Gasteiger partial charge in [-0.25, -0.2) is 5.01 Å². The van der Waals surface area contributed by atoms with Crippen molar-refractivity contribution < 1.29 is 9.53 Å². The maximum absolute atomic E-state index is 13.3. The molecule has 1 N–H and O–H groups in total. The number of fused-ring (bicyclic) bond motifs is 6. The number of hydrogen-bond donors (Lipinski definition) is 1. The lowest BCUT2D eigenvalue weighted by Crippen LogP contribution is -2.55. The van der Waals surface area contributed by atoms with Gasteiger partial charge in [-0.3, -0.25) is 4.79 Å². The van der Waals surface area contributed by atoms with Gasteiger partial charge in [0, 0.05) is 16.5 Å². The van der Waals surface area contributed by atoms with E-state index in [1.54, 1.807) is 11.3 Å². The molecular weight excluding hydrogens is 438 g/mol. The highest BCUT2D eigenvalue weighted by Gasteiger charge is 2.60. The second-order valence-electron chi connectivity index (χ2n) is 7.02. The van der Waals surface area contributed by atoms with E-state index in [1.165, 1.54) is 0 Å². The quantitative estimate of drug-likeness (QED) is 0.574. The van der Waals surface area contributed by atoms with Crippen molar-refractivity contribution in [1.82, 2.24) is 5.01 Å². The standard InChI is InChI=1S/C21H14BrN3O2S/c22-12-7-8-15-14(10-12)21(20(26)23-15)25-17(13-4-1-2-5-18(13)27-21)11-16(24-25)19-6-3-9-28-19/h1-10,17H,11H2,(H,23,26)/t17-,21-/m1/s1. The van der Waals surface area contributed by atoms with Crippen LogP contribution in [0.3, 0.4) is 0 Å². The number of nitrogens with one attached hydrogen (secondary N) is 1. The van der Waals surface area contributed by atoms with Gasteiger partial charge in [0.2, 0.25) is 0 Å². The lowest BCUT2D eigenvalue weighted by Gasteiger charge is -2.44. The van der Waals surface area contributed by atoms with Crippen molar-refractivity contribution >= 4 is 44.6 Å². The molecule has 0 unspecified atom stereocenters. The monoisotopic (exact) mass is 451 g/mol. The van der Waals surface area contributed by atoms with Crippen molar-refractivity contribution in [3.63, 3.8) is 0 Å². The molecule has 6 rings (SSSR count). The summed E-state index contributed by atoms with van der Waals surface area (Å²) in [6.45, 7) is 0. The number of amides is 1. The summed E-state index contributed by atoms with van der Waals surface area (Å²) in [5, 5.41) is 11.8. The summed E-state index contributed by atoms with van der Waals surface area (Å²) in [4.78, 5) is 14.4. The summed E-state index contributed by atoms with van der Waals surface area (Å²) < 4.78 is 7.33. The molecule has 1 amide bonds. The number of rotatable bonds is 1. The first-order chi connectivity index (χ1) is 13.7. The van der Waals surface area contributed by atoms with E-state index in [0.717, 1.165) is 44.0 Å². The van der Waals surface area contributed by atoms with E-state index < -0.39 is 5.72 Å². The molecule has 5 nitrogen and oxygen atoms in total. The molecule has 3 aromatic rings. The van der Waals surface area contributed by atoms with E-state index in [1.807, 2.05) is 52.9 Å². The van der Waals surface area contributed by atoms with Crippen LogP contribution >= 0.6 is 27.3 Å².